The Morgan fingerprint density at radius 3 is 2.58 bits per heavy atom. The van der Waals surface area contributed by atoms with Gasteiger partial charge in [-0.05, 0) is 47.2 Å². The van der Waals surface area contributed by atoms with Crippen LogP contribution in [0.25, 0.3) is 0 Å². The van der Waals surface area contributed by atoms with Crippen LogP contribution in [0.3, 0.4) is 0 Å². The first-order valence-electron chi connectivity index (χ1n) is 6.01. The molecule has 0 heterocycles. The second kappa shape index (κ2) is 7.12. The largest absolute Gasteiger partial charge is 0.418 e. The Hall–Kier alpha value is -0.790. The monoisotopic (exact) mass is 385 g/mol. The number of unbranched alkanes of at least 4 members (excludes halogenated alkanes) is 2. The molecule has 0 saturated carbocycles. The van der Waals surface area contributed by atoms with Gasteiger partial charge >= 0.3 is 6.18 Å². The fourth-order valence-electron chi connectivity index (χ4n) is 1.61. The summed E-state index contributed by atoms with van der Waals surface area (Å²) in [5.74, 6) is -0.375. The Morgan fingerprint density at radius 2 is 2.00 bits per heavy atom. The van der Waals surface area contributed by atoms with Gasteiger partial charge in [-0.25, -0.2) is 0 Å². The molecule has 1 N–H and O–H groups in total. The molecule has 2 nitrogen and oxygen atoms in total. The summed E-state index contributed by atoms with van der Waals surface area (Å²) in [5, 5.41) is 2.34. The lowest BCUT2D eigenvalue weighted by atomic mass is 10.1. The number of alkyl halides is 3. The fraction of sp³-hybridized carbons (Fsp3) is 0.462. The standard InChI is InChI=1S/C13H15F3INO/c1-2-3-4-5-12(19)18-11-7-6-9(17)8-10(11)13(14,15)16/h6-8H,2-5H2,1H3,(H,18,19). The summed E-state index contributed by atoms with van der Waals surface area (Å²) in [6, 6.07) is 3.86. The molecule has 0 unspecified atom stereocenters. The van der Waals surface area contributed by atoms with Crippen molar-refractivity contribution in [3.05, 3.63) is 27.3 Å². The first kappa shape index (κ1) is 16.3. The van der Waals surface area contributed by atoms with Crippen molar-refractivity contribution >= 4 is 34.2 Å². The fourth-order valence-corrected chi connectivity index (χ4v) is 2.10. The highest BCUT2D eigenvalue weighted by Gasteiger charge is 2.34. The number of nitrogens with one attached hydrogen (secondary N) is 1. The lowest BCUT2D eigenvalue weighted by Crippen LogP contribution is -2.16. The van der Waals surface area contributed by atoms with Gasteiger partial charge in [0.15, 0.2) is 0 Å². The molecule has 6 heteroatoms. The molecule has 106 valence electrons. The van der Waals surface area contributed by atoms with Crippen molar-refractivity contribution in [3.8, 4) is 0 Å². The van der Waals surface area contributed by atoms with E-state index in [-0.39, 0.29) is 18.0 Å². The van der Waals surface area contributed by atoms with Crippen LogP contribution >= 0.6 is 22.6 Å². The molecule has 0 spiro atoms. The summed E-state index contributed by atoms with van der Waals surface area (Å²) in [6.07, 6.45) is -1.67. The summed E-state index contributed by atoms with van der Waals surface area (Å²) >= 11 is 1.81. The van der Waals surface area contributed by atoms with E-state index in [1.165, 1.54) is 12.1 Å². The number of benzene rings is 1. The molecule has 19 heavy (non-hydrogen) atoms. The zero-order valence-corrected chi connectivity index (χ0v) is 12.6. The van der Waals surface area contributed by atoms with Crippen LogP contribution in [0, 0.1) is 3.57 Å². The van der Waals surface area contributed by atoms with Gasteiger partial charge in [-0.2, -0.15) is 13.2 Å². The Bertz CT molecular complexity index is 446. The van der Waals surface area contributed by atoms with E-state index in [1.807, 2.05) is 29.5 Å². The van der Waals surface area contributed by atoms with Crippen LogP contribution in [0.2, 0.25) is 0 Å². The van der Waals surface area contributed by atoms with E-state index < -0.39 is 11.7 Å². The number of halogens is 4. The average Bonchev–Trinajstić information content (AvgIpc) is 2.30. The third kappa shape index (κ3) is 5.38. The van der Waals surface area contributed by atoms with E-state index in [9.17, 15) is 18.0 Å². The highest BCUT2D eigenvalue weighted by atomic mass is 127. The van der Waals surface area contributed by atoms with Gasteiger partial charge in [-0.15, -0.1) is 0 Å². The molecule has 0 atom stereocenters. The van der Waals surface area contributed by atoms with Gasteiger partial charge in [-0.3, -0.25) is 4.79 Å². The molecule has 0 aliphatic heterocycles. The molecule has 1 aromatic carbocycles. The second-order valence-corrected chi connectivity index (χ2v) is 5.44. The van der Waals surface area contributed by atoms with Crippen LogP contribution < -0.4 is 5.32 Å². The Labute approximate surface area is 123 Å². The summed E-state index contributed by atoms with van der Waals surface area (Å²) in [4.78, 5) is 11.6. The van der Waals surface area contributed by atoms with E-state index in [1.54, 1.807) is 0 Å². The normalized spacial score (nSPS) is 11.4. The number of carbonyl (C=O) groups excluding carboxylic acids is 1. The van der Waals surface area contributed by atoms with E-state index in [2.05, 4.69) is 5.32 Å². The van der Waals surface area contributed by atoms with Crippen molar-refractivity contribution in [1.29, 1.82) is 0 Å². The van der Waals surface area contributed by atoms with E-state index in [4.69, 9.17) is 0 Å². The zero-order valence-electron chi connectivity index (χ0n) is 10.5. The minimum absolute atomic E-state index is 0.172. The number of carbonyl (C=O) groups is 1. The van der Waals surface area contributed by atoms with Crippen LogP contribution in [0.15, 0.2) is 18.2 Å². The van der Waals surface area contributed by atoms with Gasteiger partial charge < -0.3 is 5.32 Å². The predicted octanol–water partition coefficient (Wildman–Crippen LogP) is 4.83. The van der Waals surface area contributed by atoms with E-state index >= 15 is 0 Å². The van der Waals surface area contributed by atoms with Crippen LogP contribution in [-0.2, 0) is 11.0 Å². The van der Waals surface area contributed by atoms with Crippen molar-refractivity contribution in [1.82, 2.24) is 0 Å². The number of rotatable bonds is 5. The van der Waals surface area contributed by atoms with Crippen molar-refractivity contribution in [2.24, 2.45) is 0 Å². The molecule has 0 radical (unpaired) electrons. The molecule has 0 bridgehead atoms. The molecule has 1 rings (SSSR count). The molecule has 1 amide bonds. The van der Waals surface area contributed by atoms with Crippen molar-refractivity contribution in [2.75, 3.05) is 5.32 Å². The molecule has 1 aromatic rings. The highest BCUT2D eigenvalue weighted by Crippen LogP contribution is 2.35. The minimum atomic E-state index is -4.47. The van der Waals surface area contributed by atoms with Crippen LogP contribution in [0.1, 0.15) is 38.2 Å². The number of anilines is 1. The summed E-state index contributed by atoms with van der Waals surface area (Å²) in [5.41, 5.74) is -0.974. The minimum Gasteiger partial charge on any atom is -0.326 e. The summed E-state index contributed by atoms with van der Waals surface area (Å²) < 4.78 is 39.0. The SMILES string of the molecule is CCCCCC(=O)Nc1ccc(I)cc1C(F)(F)F. The van der Waals surface area contributed by atoms with Crippen LogP contribution in [0.5, 0.6) is 0 Å². The van der Waals surface area contributed by atoms with Crippen molar-refractivity contribution in [3.63, 3.8) is 0 Å². The first-order chi connectivity index (χ1) is 8.84. The third-order valence-electron chi connectivity index (χ3n) is 2.57. The Balaban J connectivity index is 2.80. The number of hydrogen-bond acceptors (Lipinski definition) is 1. The molecule has 0 aliphatic rings. The van der Waals surface area contributed by atoms with Gasteiger partial charge in [0, 0.05) is 9.99 Å². The molecule has 0 saturated heterocycles. The second-order valence-electron chi connectivity index (χ2n) is 4.19. The van der Waals surface area contributed by atoms with Gasteiger partial charge in [-0.1, -0.05) is 19.8 Å². The molecule has 0 fully saturated rings. The maximum absolute atomic E-state index is 12.8. The average molecular weight is 385 g/mol. The number of amides is 1. The molecular weight excluding hydrogens is 370 g/mol. The third-order valence-corrected chi connectivity index (χ3v) is 3.24. The lowest BCUT2D eigenvalue weighted by molar-refractivity contribution is -0.137. The van der Waals surface area contributed by atoms with Gasteiger partial charge in [0.1, 0.15) is 0 Å². The smallest absolute Gasteiger partial charge is 0.326 e. The highest BCUT2D eigenvalue weighted by molar-refractivity contribution is 14.1. The Morgan fingerprint density at radius 1 is 1.32 bits per heavy atom. The maximum atomic E-state index is 12.8. The van der Waals surface area contributed by atoms with Crippen molar-refractivity contribution in [2.45, 2.75) is 38.8 Å². The van der Waals surface area contributed by atoms with E-state index in [0.29, 0.717) is 9.99 Å². The first-order valence-corrected chi connectivity index (χ1v) is 7.09. The topological polar surface area (TPSA) is 29.1 Å². The van der Waals surface area contributed by atoms with Crippen molar-refractivity contribution < 1.29 is 18.0 Å². The summed E-state index contributed by atoms with van der Waals surface area (Å²) in [6.45, 7) is 2.00. The molecule has 0 aliphatic carbocycles. The summed E-state index contributed by atoms with van der Waals surface area (Å²) in [7, 11) is 0. The molecular formula is C13H15F3INO. The van der Waals surface area contributed by atoms with Gasteiger partial charge in [0.05, 0.1) is 11.3 Å². The lowest BCUT2D eigenvalue weighted by Gasteiger charge is -2.14. The molecule has 0 aromatic heterocycles. The van der Waals surface area contributed by atoms with Crippen LogP contribution in [-0.4, -0.2) is 5.91 Å². The quantitative estimate of drug-likeness (QED) is 0.571. The Kier molecular flexibility index (Phi) is 6.09. The predicted molar refractivity (Wildman–Crippen MR) is 76.9 cm³/mol. The van der Waals surface area contributed by atoms with Crippen LogP contribution in [0.4, 0.5) is 18.9 Å². The van der Waals surface area contributed by atoms with E-state index in [0.717, 1.165) is 18.9 Å². The zero-order chi connectivity index (χ0) is 14.5. The number of hydrogen-bond donors (Lipinski definition) is 1. The van der Waals surface area contributed by atoms with Gasteiger partial charge in [0.25, 0.3) is 0 Å². The van der Waals surface area contributed by atoms with Gasteiger partial charge in [0.2, 0.25) is 5.91 Å². The maximum Gasteiger partial charge on any atom is 0.418 e.